The zero-order chi connectivity index (χ0) is 12.1. The second kappa shape index (κ2) is 7.93. The number of hydrogen-bond donors (Lipinski definition) is 1. The Morgan fingerprint density at radius 1 is 1.29 bits per heavy atom. The Hall–Kier alpha value is -0.280. The van der Waals surface area contributed by atoms with Crippen molar-refractivity contribution in [3.63, 3.8) is 0 Å². The standard InChI is InChI=1S/C13H25NO2.ClH/c1-10(2)4-5-12-6-8-14(9-7-12)11(3)13(15)16;/h10-12H,4-9H2,1-3H3,(H,15,16);1H. The summed E-state index contributed by atoms with van der Waals surface area (Å²) in [6, 6.07) is -0.314. The quantitative estimate of drug-likeness (QED) is 0.829. The van der Waals surface area contributed by atoms with Crippen LogP contribution >= 0.6 is 12.4 Å². The molecule has 1 atom stereocenters. The van der Waals surface area contributed by atoms with Gasteiger partial charge in [-0.05, 0) is 44.7 Å². The third kappa shape index (κ3) is 5.73. The first-order valence-corrected chi connectivity index (χ1v) is 6.47. The molecule has 1 heterocycles. The molecule has 0 aromatic rings. The van der Waals surface area contributed by atoms with Gasteiger partial charge in [0, 0.05) is 0 Å². The van der Waals surface area contributed by atoms with E-state index < -0.39 is 5.97 Å². The predicted molar refractivity (Wildman–Crippen MR) is 72.7 cm³/mol. The molecule has 0 amide bonds. The Kier molecular flexibility index (Phi) is 7.80. The van der Waals surface area contributed by atoms with E-state index in [0.717, 1.165) is 24.9 Å². The van der Waals surface area contributed by atoms with E-state index in [1.165, 1.54) is 25.7 Å². The van der Waals surface area contributed by atoms with Gasteiger partial charge in [-0.1, -0.05) is 26.7 Å². The Bertz CT molecular complexity index is 225. The minimum Gasteiger partial charge on any atom is -0.480 e. The molecule has 4 heteroatoms. The zero-order valence-corrected chi connectivity index (χ0v) is 12.0. The number of nitrogens with zero attached hydrogens (tertiary/aromatic N) is 1. The third-order valence-electron chi connectivity index (χ3n) is 3.71. The van der Waals surface area contributed by atoms with Gasteiger partial charge in [0.05, 0.1) is 0 Å². The summed E-state index contributed by atoms with van der Waals surface area (Å²) < 4.78 is 0. The van der Waals surface area contributed by atoms with Crippen LogP contribution in [0.3, 0.4) is 0 Å². The maximum atomic E-state index is 10.9. The number of rotatable bonds is 5. The van der Waals surface area contributed by atoms with E-state index in [2.05, 4.69) is 18.7 Å². The molecular weight excluding hydrogens is 238 g/mol. The topological polar surface area (TPSA) is 40.5 Å². The number of halogens is 1. The van der Waals surface area contributed by atoms with E-state index in [1.54, 1.807) is 6.92 Å². The van der Waals surface area contributed by atoms with Crippen LogP contribution in [0.1, 0.15) is 46.5 Å². The van der Waals surface area contributed by atoms with Crippen molar-refractivity contribution < 1.29 is 9.90 Å². The predicted octanol–water partition coefficient (Wildman–Crippen LogP) is 3.03. The van der Waals surface area contributed by atoms with Gasteiger partial charge in [0.25, 0.3) is 0 Å². The van der Waals surface area contributed by atoms with Gasteiger partial charge >= 0.3 is 5.97 Å². The molecule has 1 rings (SSSR count). The monoisotopic (exact) mass is 263 g/mol. The lowest BCUT2D eigenvalue weighted by molar-refractivity contribution is -0.143. The molecule has 0 saturated carbocycles. The highest BCUT2D eigenvalue weighted by molar-refractivity contribution is 5.85. The van der Waals surface area contributed by atoms with Crippen molar-refractivity contribution in [2.45, 2.75) is 52.5 Å². The van der Waals surface area contributed by atoms with Crippen LogP contribution in [0.25, 0.3) is 0 Å². The van der Waals surface area contributed by atoms with Gasteiger partial charge in [0.15, 0.2) is 0 Å². The van der Waals surface area contributed by atoms with Gasteiger partial charge in [-0.15, -0.1) is 12.4 Å². The molecule has 0 aromatic carbocycles. The molecule has 0 bridgehead atoms. The van der Waals surface area contributed by atoms with Crippen molar-refractivity contribution in [1.29, 1.82) is 0 Å². The lowest BCUT2D eigenvalue weighted by Gasteiger charge is -2.34. The summed E-state index contributed by atoms with van der Waals surface area (Å²) >= 11 is 0. The van der Waals surface area contributed by atoms with E-state index in [9.17, 15) is 4.79 Å². The van der Waals surface area contributed by atoms with Crippen molar-refractivity contribution >= 4 is 18.4 Å². The van der Waals surface area contributed by atoms with E-state index in [1.807, 2.05) is 0 Å². The van der Waals surface area contributed by atoms with Crippen LogP contribution in [0, 0.1) is 11.8 Å². The number of piperidine rings is 1. The van der Waals surface area contributed by atoms with Crippen LogP contribution in [0.2, 0.25) is 0 Å². The van der Waals surface area contributed by atoms with Gasteiger partial charge in [-0.25, -0.2) is 0 Å². The van der Waals surface area contributed by atoms with Gasteiger partial charge < -0.3 is 5.11 Å². The first-order valence-electron chi connectivity index (χ1n) is 6.47. The Labute approximate surface area is 111 Å². The van der Waals surface area contributed by atoms with Crippen LogP contribution in [-0.2, 0) is 4.79 Å². The summed E-state index contributed by atoms with van der Waals surface area (Å²) in [5.74, 6) is 0.913. The van der Waals surface area contributed by atoms with Crippen LogP contribution in [0.4, 0.5) is 0 Å². The molecule has 102 valence electrons. The number of carboxylic acids is 1. The van der Waals surface area contributed by atoms with Crippen LogP contribution < -0.4 is 0 Å². The molecule has 1 fully saturated rings. The summed E-state index contributed by atoms with van der Waals surface area (Å²) in [7, 11) is 0. The second-order valence-electron chi connectivity index (χ2n) is 5.46. The fraction of sp³-hybridized carbons (Fsp3) is 0.923. The van der Waals surface area contributed by atoms with Crippen molar-refractivity contribution in [3.05, 3.63) is 0 Å². The fourth-order valence-electron chi connectivity index (χ4n) is 2.35. The van der Waals surface area contributed by atoms with Gasteiger partial charge in [-0.3, -0.25) is 9.69 Å². The lowest BCUT2D eigenvalue weighted by atomic mass is 9.89. The van der Waals surface area contributed by atoms with E-state index in [-0.39, 0.29) is 18.4 Å². The molecule has 3 nitrogen and oxygen atoms in total. The summed E-state index contributed by atoms with van der Waals surface area (Å²) in [6.07, 6.45) is 4.96. The molecule has 1 saturated heterocycles. The number of carboxylic acid groups (broad SMARTS) is 1. The highest BCUT2D eigenvalue weighted by Crippen LogP contribution is 2.24. The van der Waals surface area contributed by atoms with Crippen molar-refractivity contribution in [2.75, 3.05) is 13.1 Å². The van der Waals surface area contributed by atoms with Crippen LogP contribution in [0.15, 0.2) is 0 Å². The first kappa shape index (κ1) is 16.7. The first-order chi connectivity index (χ1) is 7.50. The molecular formula is C13H26ClNO2. The average molecular weight is 264 g/mol. The Morgan fingerprint density at radius 2 is 1.82 bits per heavy atom. The molecule has 17 heavy (non-hydrogen) atoms. The SMILES string of the molecule is CC(C)CCC1CCN(C(C)C(=O)O)CC1.Cl. The maximum Gasteiger partial charge on any atom is 0.320 e. The smallest absolute Gasteiger partial charge is 0.320 e. The van der Waals surface area contributed by atoms with E-state index in [0.29, 0.717) is 0 Å². The molecule has 1 N–H and O–H groups in total. The number of hydrogen-bond acceptors (Lipinski definition) is 2. The van der Waals surface area contributed by atoms with Crippen molar-refractivity contribution in [1.82, 2.24) is 4.90 Å². The van der Waals surface area contributed by atoms with Crippen molar-refractivity contribution in [2.24, 2.45) is 11.8 Å². The minimum atomic E-state index is -0.694. The maximum absolute atomic E-state index is 10.9. The summed E-state index contributed by atoms with van der Waals surface area (Å²) in [5.41, 5.74) is 0. The molecule has 0 spiro atoms. The molecule has 1 unspecified atom stereocenters. The van der Waals surface area contributed by atoms with Gasteiger partial charge in [-0.2, -0.15) is 0 Å². The highest BCUT2D eigenvalue weighted by Gasteiger charge is 2.25. The van der Waals surface area contributed by atoms with E-state index >= 15 is 0 Å². The van der Waals surface area contributed by atoms with E-state index in [4.69, 9.17) is 5.11 Å². The van der Waals surface area contributed by atoms with Crippen molar-refractivity contribution in [3.8, 4) is 0 Å². The van der Waals surface area contributed by atoms with Gasteiger partial charge in [0.2, 0.25) is 0 Å². The molecule has 1 aliphatic heterocycles. The summed E-state index contributed by atoms with van der Waals surface area (Å²) in [4.78, 5) is 12.9. The fourth-order valence-corrected chi connectivity index (χ4v) is 2.35. The number of likely N-dealkylation sites (tertiary alicyclic amines) is 1. The lowest BCUT2D eigenvalue weighted by Crippen LogP contribution is -2.43. The Morgan fingerprint density at radius 3 is 2.24 bits per heavy atom. The average Bonchev–Trinajstić information content (AvgIpc) is 2.26. The van der Waals surface area contributed by atoms with Gasteiger partial charge in [0.1, 0.15) is 6.04 Å². The Balaban J connectivity index is 0.00000256. The second-order valence-corrected chi connectivity index (χ2v) is 5.46. The number of aliphatic carboxylic acids is 1. The molecule has 0 aliphatic carbocycles. The van der Waals surface area contributed by atoms with Crippen LogP contribution in [0.5, 0.6) is 0 Å². The molecule has 0 radical (unpaired) electrons. The third-order valence-corrected chi connectivity index (χ3v) is 3.71. The normalized spacial score (nSPS) is 20.0. The van der Waals surface area contributed by atoms with Crippen LogP contribution in [-0.4, -0.2) is 35.1 Å². The summed E-state index contributed by atoms with van der Waals surface area (Å²) in [5, 5.41) is 8.93. The highest BCUT2D eigenvalue weighted by atomic mass is 35.5. The summed E-state index contributed by atoms with van der Waals surface area (Å²) in [6.45, 7) is 8.23. The largest absolute Gasteiger partial charge is 0.480 e. The number of carbonyl (C=O) groups is 1. The minimum absolute atomic E-state index is 0. The molecule has 1 aliphatic rings. The zero-order valence-electron chi connectivity index (χ0n) is 11.2. The molecule has 0 aromatic heterocycles.